The Balaban J connectivity index is 1.72. The molecule has 1 aliphatic heterocycles. The molecule has 18 heavy (non-hydrogen) atoms. The third-order valence-corrected chi connectivity index (χ3v) is 3.72. The highest BCUT2D eigenvalue weighted by molar-refractivity contribution is 5.39. The average molecular weight is 244 g/mol. The highest BCUT2D eigenvalue weighted by atomic mass is 15.2. The van der Waals surface area contributed by atoms with Gasteiger partial charge in [0.1, 0.15) is 5.82 Å². The van der Waals surface area contributed by atoms with Gasteiger partial charge in [0, 0.05) is 19.2 Å². The number of likely N-dealkylation sites (tertiary alicyclic amines) is 1. The quantitative estimate of drug-likeness (QED) is 0.828. The van der Waals surface area contributed by atoms with Gasteiger partial charge in [-0.05, 0) is 44.5 Å². The number of hydrogen-bond donors (Lipinski definition) is 0. The van der Waals surface area contributed by atoms with Crippen molar-refractivity contribution in [3.05, 3.63) is 29.7 Å². The van der Waals surface area contributed by atoms with Crippen LogP contribution >= 0.6 is 0 Å². The Labute approximate surface area is 108 Å². The molecule has 0 amide bonds. The predicted molar refractivity (Wildman–Crippen MR) is 71.7 cm³/mol. The molecule has 3 heterocycles. The van der Waals surface area contributed by atoms with E-state index in [1.54, 1.807) is 0 Å². The van der Waals surface area contributed by atoms with Gasteiger partial charge in [-0.3, -0.25) is 4.40 Å². The van der Waals surface area contributed by atoms with Crippen LogP contribution in [0.1, 0.15) is 30.7 Å². The molecule has 0 unspecified atom stereocenters. The number of hydrogen-bond acceptors (Lipinski definition) is 3. The number of pyridine rings is 1. The van der Waals surface area contributed by atoms with Crippen LogP contribution in [0.3, 0.4) is 0 Å². The second-order valence-electron chi connectivity index (χ2n) is 5.20. The smallest absolute Gasteiger partial charge is 0.160 e. The van der Waals surface area contributed by atoms with Crippen LogP contribution in [0.5, 0.6) is 0 Å². The Bertz CT molecular complexity index is 526. The molecule has 0 aromatic carbocycles. The summed E-state index contributed by atoms with van der Waals surface area (Å²) in [7, 11) is 0. The van der Waals surface area contributed by atoms with Crippen LogP contribution in [0.4, 0.5) is 0 Å². The lowest BCUT2D eigenvalue weighted by atomic mass is 10.1. The normalized spacial score (nSPS) is 17.4. The summed E-state index contributed by atoms with van der Waals surface area (Å²) in [5.74, 6) is 1.08. The third kappa shape index (κ3) is 2.38. The maximum atomic E-state index is 4.31. The van der Waals surface area contributed by atoms with Gasteiger partial charge < -0.3 is 4.90 Å². The number of rotatable bonds is 3. The molecule has 2 aromatic rings. The van der Waals surface area contributed by atoms with Crippen molar-refractivity contribution in [3.8, 4) is 0 Å². The first-order valence-corrected chi connectivity index (χ1v) is 6.85. The first-order chi connectivity index (χ1) is 8.83. The lowest BCUT2D eigenvalue weighted by molar-refractivity contribution is 0.230. The van der Waals surface area contributed by atoms with E-state index in [9.17, 15) is 0 Å². The molecule has 1 fully saturated rings. The van der Waals surface area contributed by atoms with Crippen LogP contribution in [0.15, 0.2) is 18.3 Å². The average Bonchev–Trinajstić information content (AvgIpc) is 2.80. The fourth-order valence-electron chi connectivity index (χ4n) is 2.66. The fourth-order valence-corrected chi connectivity index (χ4v) is 2.66. The van der Waals surface area contributed by atoms with E-state index in [1.165, 1.54) is 37.9 Å². The molecule has 0 aliphatic carbocycles. The molecule has 4 nitrogen and oxygen atoms in total. The minimum absolute atomic E-state index is 0.953. The zero-order valence-corrected chi connectivity index (χ0v) is 11.0. The van der Waals surface area contributed by atoms with Gasteiger partial charge in [-0.15, -0.1) is 10.2 Å². The fraction of sp³-hybridized carbons (Fsp3) is 0.571. The Hall–Kier alpha value is -1.42. The van der Waals surface area contributed by atoms with Crippen molar-refractivity contribution in [1.29, 1.82) is 0 Å². The number of aryl methyl sites for hydroxylation is 1. The number of aromatic nitrogens is 3. The van der Waals surface area contributed by atoms with E-state index in [4.69, 9.17) is 0 Å². The van der Waals surface area contributed by atoms with Gasteiger partial charge >= 0.3 is 0 Å². The summed E-state index contributed by atoms with van der Waals surface area (Å²) in [6, 6.07) is 4.12. The lowest BCUT2D eigenvalue weighted by Gasteiger charge is -2.25. The molecule has 1 saturated heterocycles. The maximum absolute atomic E-state index is 4.31. The SMILES string of the molecule is Cc1ccc2nnc(CCN3CCCCC3)n2c1. The molecule has 96 valence electrons. The van der Waals surface area contributed by atoms with Crippen molar-refractivity contribution in [2.75, 3.05) is 19.6 Å². The van der Waals surface area contributed by atoms with Crippen molar-refractivity contribution >= 4 is 5.65 Å². The van der Waals surface area contributed by atoms with Crippen molar-refractivity contribution in [2.24, 2.45) is 0 Å². The Kier molecular flexibility index (Phi) is 3.28. The van der Waals surface area contributed by atoms with Crippen LogP contribution in [0.2, 0.25) is 0 Å². The van der Waals surface area contributed by atoms with Crippen LogP contribution in [0.25, 0.3) is 5.65 Å². The molecule has 0 bridgehead atoms. The van der Waals surface area contributed by atoms with E-state index in [-0.39, 0.29) is 0 Å². The number of piperidine rings is 1. The summed E-state index contributed by atoms with van der Waals surface area (Å²) in [6.07, 6.45) is 7.20. The lowest BCUT2D eigenvalue weighted by Crippen LogP contribution is -2.31. The zero-order valence-electron chi connectivity index (χ0n) is 11.0. The topological polar surface area (TPSA) is 33.4 Å². The van der Waals surface area contributed by atoms with Gasteiger partial charge in [0.2, 0.25) is 0 Å². The Morgan fingerprint density at radius 2 is 1.94 bits per heavy atom. The molecule has 4 heteroatoms. The largest absolute Gasteiger partial charge is 0.303 e. The van der Waals surface area contributed by atoms with Crippen LogP contribution in [-0.2, 0) is 6.42 Å². The monoisotopic (exact) mass is 244 g/mol. The van der Waals surface area contributed by atoms with Crippen molar-refractivity contribution in [3.63, 3.8) is 0 Å². The van der Waals surface area contributed by atoms with Crippen LogP contribution in [-0.4, -0.2) is 39.1 Å². The minimum Gasteiger partial charge on any atom is -0.303 e. The molecule has 0 saturated carbocycles. The van der Waals surface area contributed by atoms with Crippen LogP contribution in [0, 0.1) is 6.92 Å². The second kappa shape index (κ2) is 5.06. The molecule has 0 spiro atoms. The van der Waals surface area contributed by atoms with E-state index in [0.717, 1.165) is 24.4 Å². The third-order valence-electron chi connectivity index (χ3n) is 3.72. The van der Waals surface area contributed by atoms with Crippen LogP contribution < -0.4 is 0 Å². The van der Waals surface area contributed by atoms with Gasteiger partial charge in [0.15, 0.2) is 5.65 Å². The van der Waals surface area contributed by atoms with Gasteiger partial charge in [-0.25, -0.2) is 0 Å². The van der Waals surface area contributed by atoms with Gasteiger partial charge in [-0.2, -0.15) is 0 Å². The number of nitrogens with zero attached hydrogens (tertiary/aromatic N) is 4. The first-order valence-electron chi connectivity index (χ1n) is 6.85. The van der Waals surface area contributed by atoms with E-state index < -0.39 is 0 Å². The van der Waals surface area contributed by atoms with Crippen molar-refractivity contribution in [2.45, 2.75) is 32.6 Å². The standard InChI is InChI=1S/C14H20N4/c1-12-5-6-13-15-16-14(18(13)11-12)7-10-17-8-3-2-4-9-17/h5-6,11H,2-4,7-10H2,1H3. The van der Waals surface area contributed by atoms with E-state index >= 15 is 0 Å². The Morgan fingerprint density at radius 3 is 2.78 bits per heavy atom. The molecular formula is C14H20N4. The molecule has 2 aromatic heterocycles. The summed E-state index contributed by atoms with van der Waals surface area (Å²) in [5, 5.41) is 8.53. The maximum Gasteiger partial charge on any atom is 0.160 e. The highest BCUT2D eigenvalue weighted by Gasteiger charge is 2.12. The predicted octanol–water partition coefficient (Wildman–Crippen LogP) is 2.07. The molecule has 1 aliphatic rings. The van der Waals surface area contributed by atoms with E-state index in [2.05, 4.69) is 38.7 Å². The van der Waals surface area contributed by atoms with Gasteiger partial charge in [0.25, 0.3) is 0 Å². The van der Waals surface area contributed by atoms with Crippen molar-refractivity contribution < 1.29 is 0 Å². The van der Waals surface area contributed by atoms with E-state index in [1.807, 2.05) is 6.07 Å². The summed E-state index contributed by atoms with van der Waals surface area (Å²) < 4.78 is 2.12. The Morgan fingerprint density at radius 1 is 1.11 bits per heavy atom. The zero-order chi connectivity index (χ0) is 12.4. The summed E-state index contributed by atoms with van der Waals surface area (Å²) in [4.78, 5) is 2.54. The van der Waals surface area contributed by atoms with Gasteiger partial charge in [0.05, 0.1) is 0 Å². The minimum atomic E-state index is 0.953. The van der Waals surface area contributed by atoms with Gasteiger partial charge in [-0.1, -0.05) is 12.5 Å². The summed E-state index contributed by atoms with van der Waals surface area (Å²) >= 11 is 0. The molecule has 3 rings (SSSR count). The number of fused-ring (bicyclic) bond motifs is 1. The second-order valence-corrected chi connectivity index (χ2v) is 5.20. The first kappa shape index (κ1) is 11.7. The summed E-state index contributed by atoms with van der Waals surface area (Å²) in [6.45, 7) is 5.70. The van der Waals surface area contributed by atoms with E-state index in [0.29, 0.717) is 0 Å². The summed E-state index contributed by atoms with van der Waals surface area (Å²) in [5.41, 5.74) is 2.20. The molecular weight excluding hydrogens is 224 g/mol. The molecule has 0 radical (unpaired) electrons. The molecule has 0 atom stereocenters. The van der Waals surface area contributed by atoms with Crippen molar-refractivity contribution in [1.82, 2.24) is 19.5 Å². The molecule has 0 N–H and O–H groups in total. The highest BCUT2D eigenvalue weighted by Crippen LogP contribution is 2.11.